The molecule has 5 heteroatoms. The van der Waals surface area contributed by atoms with Crippen molar-refractivity contribution in [3.8, 4) is 0 Å². The van der Waals surface area contributed by atoms with Crippen LogP contribution in [-0.2, 0) is 19.7 Å². The topological polar surface area (TPSA) is 75.6 Å². The van der Waals surface area contributed by atoms with Gasteiger partial charge < -0.3 is 15.2 Å². The molecule has 2 heterocycles. The van der Waals surface area contributed by atoms with E-state index in [1.807, 2.05) is 18.2 Å². The molecule has 2 saturated carbocycles. The second kappa shape index (κ2) is 4.35. The standard InChI is InChI=1S/C18H19NO4/c20-16(19-13-7-14-10-6-11(10)15(13)23-14)12-8-18(12,17(21)22)9-4-2-1-3-5-9/h1-5,10-15H,6-8H2,(H,19,20)(H,21,22)/t10-,11+,12-,13-,14+,15+,18+/m1/s1. The van der Waals surface area contributed by atoms with Gasteiger partial charge >= 0.3 is 5.97 Å². The maximum atomic E-state index is 12.6. The van der Waals surface area contributed by atoms with Crippen LogP contribution in [0.3, 0.4) is 0 Å². The molecule has 0 aromatic heterocycles. The Hall–Kier alpha value is -1.88. The normalized spacial score (nSPS) is 45.4. The summed E-state index contributed by atoms with van der Waals surface area (Å²) in [5.74, 6) is -0.172. The molecule has 4 fully saturated rings. The van der Waals surface area contributed by atoms with Crippen LogP contribution in [0.1, 0.15) is 24.8 Å². The Bertz CT molecular complexity index is 690. The van der Waals surface area contributed by atoms with Gasteiger partial charge in [0.15, 0.2) is 0 Å². The third-order valence-electron chi connectivity index (χ3n) is 6.28. The minimum Gasteiger partial charge on any atom is -0.481 e. The third-order valence-corrected chi connectivity index (χ3v) is 6.28. The minimum atomic E-state index is -1.05. The molecule has 0 radical (unpaired) electrons. The highest BCUT2D eigenvalue weighted by atomic mass is 16.5. The van der Waals surface area contributed by atoms with Gasteiger partial charge in [-0.1, -0.05) is 30.3 Å². The molecule has 5 rings (SSSR count). The Morgan fingerprint density at radius 1 is 1.17 bits per heavy atom. The van der Waals surface area contributed by atoms with Crippen molar-refractivity contribution < 1.29 is 19.4 Å². The van der Waals surface area contributed by atoms with Gasteiger partial charge in [0.1, 0.15) is 5.41 Å². The van der Waals surface area contributed by atoms with Crippen LogP contribution in [0.2, 0.25) is 0 Å². The van der Waals surface area contributed by atoms with Crippen LogP contribution in [0.25, 0.3) is 0 Å². The quantitative estimate of drug-likeness (QED) is 0.879. The van der Waals surface area contributed by atoms with E-state index in [-0.39, 0.29) is 18.1 Å². The number of fused-ring (bicyclic) bond motifs is 5. The summed E-state index contributed by atoms with van der Waals surface area (Å²) in [5.41, 5.74) is -0.328. The first-order chi connectivity index (χ1) is 11.1. The van der Waals surface area contributed by atoms with E-state index >= 15 is 0 Å². The van der Waals surface area contributed by atoms with Gasteiger partial charge in [0, 0.05) is 0 Å². The Morgan fingerprint density at radius 3 is 2.61 bits per heavy atom. The lowest BCUT2D eigenvalue weighted by Crippen LogP contribution is -2.44. The molecule has 7 atom stereocenters. The minimum absolute atomic E-state index is 0.0686. The number of carboxylic acids is 1. The zero-order valence-corrected chi connectivity index (χ0v) is 12.6. The zero-order chi connectivity index (χ0) is 15.8. The highest BCUT2D eigenvalue weighted by Gasteiger charge is 2.67. The van der Waals surface area contributed by atoms with Gasteiger partial charge in [-0.25, -0.2) is 0 Å². The number of hydrogen-bond donors (Lipinski definition) is 2. The predicted octanol–water partition coefficient (Wildman–Crippen LogP) is 1.32. The molecule has 5 nitrogen and oxygen atoms in total. The summed E-state index contributed by atoms with van der Waals surface area (Å²) in [5, 5.41) is 12.8. The van der Waals surface area contributed by atoms with Crippen molar-refractivity contribution in [2.75, 3.05) is 0 Å². The molecule has 2 N–H and O–H groups in total. The van der Waals surface area contributed by atoms with Gasteiger partial charge in [-0.2, -0.15) is 0 Å². The van der Waals surface area contributed by atoms with Crippen LogP contribution in [0.15, 0.2) is 30.3 Å². The maximum Gasteiger partial charge on any atom is 0.314 e. The van der Waals surface area contributed by atoms with Crippen LogP contribution in [0.5, 0.6) is 0 Å². The second-order valence-corrected chi connectivity index (χ2v) is 7.45. The van der Waals surface area contributed by atoms with E-state index in [9.17, 15) is 14.7 Å². The van der Waals surface area contributed by atoms with Crippen molar-refractivity contribution in [1.29, 1.82) is 0 Å². The van der Waals surface area contributed by atoms with Gasteiger partial charge in [0.25, 0.3) is 0 Å². The van der Waals surface area contributed by atoms with E-state index in [1.165, 1.54) is 6.42 Å². The molecule has 2 aliphatic heterocycles. The molecule has 2 bridgehead atoms. The molecule has 2 saturated heterocycles. The lowest BCUT2D eigenvalue weighted by molar-refractivity contribution is -0.142. The van der Waals surface area contributed by atoms with Crippen molar-refractivity contribution in [3.63, 3.8) is 0 Å². The average Bonchev–Trinajstić information content (AvgIpc) is 3.44. The molecule has 2 aliphatic carbocycles. The van der Waals surface area contributed by atoms with E-state index < -0.39 is 17.3 Å². The fourth-order valence-electron chi connectivity index (χ4n) is 4.87. The third kappa shape index (κ3) is 1.77. The zero-order valence-electron chi connectivity index (χ0n) is 12.6. The fourth-order valence-corrected chi connectivity index (χ4v) is 4.87. The Morgan fingerprint density at radius 2 is 1.96 bits per heavy atom. The first-order valence-electron chi connectivity index (χ1n) is 8.36. The number of benzene rings is 1. The SMILES string of the molecule is O=C(N[C@@H]1C[C@@H]2O[C@H]1[C@H]1C[C@H]12)[C@H]1C[C@]1(C(=O)O)c1ccccc1. The summed E-state index contributed by atoms with van der Waals surface area (Å²) in [6.45, 7) is 0. The summed E-state index contributed by atoms with van der Waals surface area (Å²) in [6, 6.07) is 9.18. The number of carbonyl (C=O) groups excluding carboxylic acids is 1. The van der Waals surface area contributed by atoms with Gasteiger partial charge in [-0.3, -0.25) is 9.59 Å². The molecule has 0 unspecified atom stereocenters. The number of nitrogens with one attached hydrogen (secondary N) is 1. The van der Waals surface area contributed by atoms with Gasteiger partial charge in [-0.15, -0.1) is 0 Å². The summed E-state index contributed by atoms with van der Waals surface area (Å²) in [7, 11) is 0. The van der Waals surface area contributed by atoms with Crippen molar-refractivity contribution >= 4 is 11.9 Å². The van der Waals surface area contributed by atoms with E-state index in [0.29, 0.717) is 18.4 Å². The Labute approximate surface area is 134 Å². The lowest BCUT2D eigenvalue weighted by atomic mass is 9.92. The van der Waals surface area contributed by atoms with Crippen LogP contribution in [0, 0.1) is 17.8 Å². The van der Waals surface area contributed by atoms with Gasteiger partial charge in [-0.05, 0) is 36.7 Å². The molecule has 0 spiro atoms. The molecular weight excluding hydrogens is 294 g/mol. The van der Waals surface area contributed by atoms with Gasteiger partial charge in [0.2, 0.25) is 5.91 Å². The molecule has 1 aromatic rings. The van der Waals surface area contributed by atoms with Crippen LogP contribution in [-0.4, -0.2) is 35.2 Å². The largest absolute Gasteiger partial charge is 0.481 e. The predicted molar refractivity (Wildman–Crippen MR) is 80.7 cm³/mol. The molecule has 120 valence electrons. The fraction of sp³-hybridized carbons (Fsp3) is 0.556. The number of hydrogen-bond acceptors (Lipinski definition) is 3. The summed E-state index contributed by atoms with van der Waals surface area (Å²) in [4.78, 5) is 24.4. The van der Waals surface area contributed by atoms with E-state index in [2.05, 4.69) is 5.32 Å². The van der Waals surface area contributed by atoms with Crippen LogP contribution < -0.4 is 5.32 Å². The van der Waals surface area contributed by atoms with Crippen LogP contribution >= 0.6 is 0 Å². The first kappa shape index (κ1) is 13.5. The summed E-state index contributed by atoms with van der Waals surface area (Å²) in [6.07, 6.45) is 2.96. The van der Waals surface area contributed by atoms with Crippen LogP contribution in [0.4, 0.5) is 0 Å². The maximum absolute atomic E-state index is 12.6. The number of carbonyl (C=O) groups is 2. The first-order valence-corrected chi connectivity index (χ1v) is 8.36. The number of ether oxygens (including phenoxy) is 1. The Balaban J connectivity index is 1.32. The number of aliphatic carboxylic acids is 1. The van der Waals surface area contributed by atoms with E-state index in [4.69, 9.17) is 4.74 Å². The molecule has 1 amide bonds. The Kier molecular flexibility index (Phi) is 2.56. The van der Waals surface area contributed by atoms with Crippen molar-refractivity contribution in [2.45, 2.75) is 42.9 Å². The molecule has 23 heavy (non-hydrogen) atoms. The monoisotopic (exact) mass is 313 g/mol. The van der Waals surface area contributed by atoms with Crippen molar-refractivity contribution in [3.05, 3.63) is 35.9 Å². The highest BCUT2D eigenvalue weighted by molar-refractivity contribution is 5.97. The van der Waals surface area contributed by atoms with Gasteiger partial charge in [0.05, 0.1) is 24.2 Å². The summed E-state index contributed by atoms with van der Waals surface area (Å²) < 4.78 is 5.90. The molecule has 4 aliphatic rings. The average molecular weight is 313 g/mol. The second-order valence-electron chi connectivity index (χ2n) is 7.45. The van der Waals surface area contributed by atoms with Crippen molar-refractivity contribution in [1.82, 2.24) is 5.32 Å². The smallest absolute Gasteiger partial charge is 0.314 e. The lowest BCUT2D eigenvalue weighted by Gasteiger charge is -2.21. The number of amides is 1. The van der Waals surface area contributed by atoms with E-state index in [1.54, 1.807) is 12.1 Å². The number of rotatable bonds is 4. The number of carboxylic acid groups (broad SMARTS) is 1. The molecule has 1 aromatic carbocycles. The van der Waals surface area contributed by atoms with Crippen molar-refractivity contribution in [2.24, 2.45) is 17.8 Å². The van der Waals surface area contributed by atoms with E-state index in [0.717, 1.165) is 17.9 Å². The highest BCUT2D eigenvalue weighted by Crippen LogP contribution is 2.59. The molecular formula is C18H19NO4. The summed E-state index contributed by atoms with van der Waals surface area (Å²) >= 11 is 0.